The Morgan fingerprint density at radius 2 is 1.39 bits per heavy atom. The maximum atomic E-state index is 5.92. The van der Waals surface area contributed by atoms with E-state index in [9.17, 15) is 0 Å². The van der Waals surface area contributed by atoms with Crippen LogP contribution in [0.1, 0.15) is 20.3 Å². The molecule has 0 spiro atoms. The summed E-state index contributed by atoms with van der Waals surface area (Å²) in [5.74, 6) is 2.58. The van der Waals surface area contributed by atoms with E-state index < -0.39 is 0 Å². The van der Waals surface area contributed by atoms with Crippen molar-refractivity contribution in [3.05, 3.63) is 0 Å². The van der Waals surface area contributed by atoms with Gasteiger partial charge >= 0.3 is 0 Å². The fourth-order valence-electron chi connectivity index (χ4n) is 4.26. The normalized spacial score (nSPS) is 22.8. The molecule has 2 saturated heterocycles. The van der Waals surface area contributed by atoms with Gasteiger partial charge in [0.2, 0.25) is 0 Å². The van der Waals surface area contributed by atoms with Crippen LogP contribution in [0.4, 0.5) is 0 Å². The summed E-state index contributed by atoms with van der Waals surface area (Å²) >= 11 is 0. The van der Waals surface area contributed by atoms with Gasteiger partial charge in [0, 0.05) is 86.6 Å². The molecular weight excluding hydrogens is 356 g/mol. The van der Waals surface area contributed by atoms with E-state index in [0.717, 1.165) is 77.3 Å². The van der Waals surface area contributed by atoms with Gasteiger partial charge in [-0.2, -0.15) is 0 Å². The van der Waals surface area contributed by atoms with Crippen LogP contribution >= 0.6 is 0 Å². The first-order valence-corrected chi connectivity index (χ1v) is 10.5. The Kier molecular flexibility index (Phi) is 9.31. The lowest BCUT2D eigenvalue weighted by Crippen LogP contribution is -2.45. The molecule has 162 valence electrons. The van der Waals surface area contributed by atoms with Crippen LogP contribution in [-0.4, -0.2) is 125 Å². The molecule has 28 heavy (non-hydrogen) atoms. The zero-order valence-electron chi connectivity index (χ0n) is 18.7. The molecule has 0 bridgehead atoms. The van der Waals surface area contributed by atoms with Crippen molar-refractivity contribution in [2.24, 2.45) is 15.9 Å². The highest BCUT2D eigenvalue weighted by Gasteiger charge is 2.32. The van der Waals surface area contributed by atoms with E-state index in [-0.39, 0.29) is 6.10 Å². The average molecular weight is 397 g/mol. The van der Waals surface area contributed by atoms with E-state index in [2.05, 4.69) is 43.4 Å². The number of hydrogen-bond donors (Lipinski definition) is 0. The molecule has 2 aliphatic heterocycles. The summed E-state index contributed by atoms with van der Waals surface area (Å²) in [4.78, 5) is 18.5. The van der Waals surface area contributed by atoms with Gasteiger partial charge in [0.05, 0.1) is 12.7 Å². The number of rotatable bonds is 11. The minimum absolute atomic E-state index is 0.150. The molecule has 2 fully saturated rings. The SMILES string of the molecule is CCCN1CCN(CC(C)C(CN2CCN(CCOC)C2=NC)OC)C1=NC. The summed E-state index contributed by atoms with van der Waals surface area (Å²) in [6.45, 7) is 13.1. The first kappa shape index (κ1) is 22.7. The second-order valence-corrected chi connectivity index (χ2v) is 7.66. The molecule has 2 atom stereocenters. The van der Waals surface area contributed by atoms with Gasteiger partial charge in [0.15, 0.2) is 11.9 Å². The van der Waals surface area contributed by atoms with Gasteiger partial charge in [-0.15, -0.1) is 0 Å². The van der Waals surface area contributed by atoms with Crippen LogP contribution in [0, 0.1) is 5.92 Å². The molecule has 2 heterocycles. The lowest BCUT2D eigenvalue weighted by molar-refractivity contribution is 0.0368. The molecule has 8 heteroatoms. The molecule has 0 saturated carbocycles. The maximum absolute atomic E-state index is 5.92. The van der Waals surface area contributed by atoms with Crippen LogP contribution in [0.3, 0.4) is 0 Å². The highest BCUT2D eigenvalue weighted by atomic mass is 16.5. The van der Waals surface area contributed by atoms with Crippen molar-refractivity contribution in [1.29, 1.82) is 0 Å². The molecule has 2 unspecified atom stereocenters. The highest BCUT2D eigenvalue weighted by Crippen LogP contribution is 2.18. The van der Waals surface area contributed by atoms with Gasteiger partial charge in [-0.3, -0.25) is 9.98 Å². The number of aliphatic imine (C=N–C) groups is 2. The van der Waals surface area contributed by atoms with Crippen LogP contribution in [0.2, 0.25) is 0 Å². The molecule has 0 aromatic heterocycles. The first-order valence-electron chi connectivity index (χ1n) is 10.5. The van der Waals surface area contributed by atoms with Gasteiger partial charge in [0.25, 0.3) is 0 Å². The molecule has 0 N–H and O–H groups in total. The van der Waals surface area contributed by atoms with E-state index in [1.165, 1.54) is 0 Å². The van der Waals surface area contributed by atoms with E-state index in [1.54, 1.807) is 7.11 Å². The third-order valence-corrected chi connectivity index (χ3v) is 5.72. The first-order chi connectivity index (χ1) is 13.6. The molecule has 2 rings (SSSR count). The molecular formula is C20H40N6O2. The maximum Gasteiger partial charge on any atom is 0.196 e. The van der Waals surface area contributed by atoms with Crippen LogP contribution in [-0.2, 0) is 9.47 Å². The zero-order chi connectivity index (χ0) is 20.5. The summed E-state index contributed by atoms with van der Waals surface area (Å²) in [6, 6.07) is 0. The molecule has 0 radical (unpaired) electrons. The number of ether oxygens (including phenoxy) is 2. The van der Waals surface area contributed by atoms with Crippen molar-refractivity contribution in [3.8, 4) is 0 Å². The van der Waals surface area contributed by atoms with Gasteiger partial charge in [-0.1, -0.05) is 13.8 Å². The van der Waals surface area contributed by atoms with Crippen LogP contribution in [0.25, 0.3) is 0 Å². The van der Waals surface area contributed by atoms with Gasteiger partial charge in [-0.25, -0.2) is 0 Å². The summed E-state index contributed by atoms with van der Waals surface area (Å²) in [7, 11) is 7.34. The molecule has 0 aromatic carbocycles. The van der Waals surface area contributed by atoms with Gasteiger partial charge in [-0.05, 0) is 6.42 Å². The van der Waals surface area contributed by atoms with Crippen molar-refractivity contribution in [1.82, 2.24) is 19.6 Å². The summed E-state index contributed by atoms with van der Waals surface area (Å²) < 4.78 is 11.1. The third-order valence-electron chi connectivity index (χ3n) is 5.72. The summed E-state index contributed by atoms with van der Waals surface area (Å²) in [5, 5.41) is 0. The second kappa shape index (κ2) is 11.5. The fraction of sp³-hybridized carbons (Fsp3) is 0.900. The standard InChI is InChI=1S/C20H40N6O2/c1-7-8-23-9-11-25(19(23)21-3)15-17(2)18(28-6)16-26-12-10-24(13-14-27-5)20(26)22-4/h17-18H,7-16H2,1-6H3. The predicted octanol–water partition coefficient (Wildman–Crippen LogP) is 0.901. The Hall–Kier alpha value is -1.54. The third kappa shape index (κ3) is 5.50. The van der Waals surface area contributed by atoms with Crippen molar-refractivity contribution in [2.45, 2.75) is 26.4 Å². The molecule has 8 nitrogen and oxygen atoms in total. The topological polar surface area (TPSA) is 56.1 Å². The minimum atomic E-state index is 0.150. The van der Waals surface area contributed by atoms with E-state index in [0.29, 0.717) is 5.92 Å². The Labute approximate surface area is 171 Å². The lowest BCUT2D eigenvalue weighted by Gasteiger charge is -2.32. The number of hydrogen-bond acceptors (Lipinski definition) is 4. The highest BCUT2D eigenvalue weighted by molar-refractivity contribution is 5.82. The average Bonchev–Trinajstić information content (AvgIpc) is 3.27. The van der Waals surface area contributed by atoms with E-state index in [1.807, 2.05) is 21.2 Å². The Balaban J connectivity index is 1.94. The smallest absolute Gasteiger partial charge is 0.196 e. The molecule has 2 aliphatic rings. The largest absolute Gasteiger partial charge is 0.383 e. The number of methoxy groups -OCH3 is 2. The minimum Gasteiger partial charge on any atom is -0.383 e. The fourth-order valence-corrected chi connectivity index (χ4v) is 4.26. The summed E-state index contributed by atoms with van der Waals surface area (Å²) in [6.07, 6.45) is 1.30. The number of guanidine groups is 2. The zero-order valence-corrected chi connectivity index (χ0v) is 18.7. The molecule has 0 aliphatic carbocycles. The van der Waals surface area contributed by atoms with Crippen molar-refractivity contribution in [2.75, 3.05) is 87.3 Å². The Morgan fingerprint density at radius 3 is 1.89 bits per heavy atom. The molecule has 0 aromatic rings. The van der Waals surface area contributed by atoms with Crippen molar-refractivity contribution >= 4 is 11.9 Å². The summed E-state index contributed by atoms with van der Waals surface area (Å²) in [5.41, 5.74) is 0. The Morgan fingerprint density at radius 1 is 0.857 bits per heavy atom. The van der Waals surface area contributed by atoms with E-state index >= 15 is 0 Å². The van der Waals surface area contributed by atoms with Crippen LogP contribution in [0.15, 0.2) is 9.98 Å². The molecule has 0 amide bonds. The monoisotopic (exact) mass is 396 g/mol. The van der Waals surface area contributed by atoms with E-state index in [4.69, 9.17) is 9.47 Å². The van der Waals surface area contributed by atoms with Crippen molar-refractivity contribution < 1.29 is 9.47 Å². The van der Waals surface area contributed by atoms with Crippen molar-refractivity contribution in [3.63, 3.8) is 0 Å². The lowest BCUT2D eigenvalue weighted by atomic mass is 10.0. The Bertz CT molecular complexity index is 527. The van der Waals surface area contributed by atoms with Crippen LogP contribution < -0.4 is 0 Å². The van der Waals surface area contributed by atoms with Gasteiger partial charge < -0.3 is 29.1 Å². The number of nitrogens with zero attached hydrogens (tertiary/aromatic N) is 6. The van der Waals surface area contributed by atoms with Gasteiger partial charge in [0.1, 0.15) is 0 Å². The van der Waals surface area contributed by atoms with Crippen LogP contribution in [0.5, 0.6) is 0 Å². The quantitative estimate of drug-likeness (QED) is 0.517. The second-order valence-electron chi connectivity index (χ2n) is 7.66. The predicted molar refractivity (Wildman–Crippen MR) is 115 cm³/mol.